The molecule has 0 aliphatic heterocycles. The number of carbonyl (C=O) groups excluding carboxylic acids is 1. The summed E-state index contributed by atoms with van der Waals surface area (Å²) in [6.45, 7) is -0.460. The van der Waals surface area contributed by atoms with Crippen molar-refractivity contribution in [3.8, 4) is 6.07 Å². The van der Waals surface area contributed by atoms with Crippen molar-refractivity contribution in [2.45, 2.75) is 13.1 Å². The van der Waals surface area contributed by atoms with Crippen molar-refractivity contribution in [3.63, 3.8) is 0 Å². The van der Waals surface area contributed by atoms with E-state index in [9.17, 15) is 14.4 Å². The topological polar surface area (TPSA) is 125 Å². The average Bonchev–Trinajstić information content (AvgIpc) is 2.68. The molecular formula is C19H13BrN4O4. The van der Waals surface area contributed by atoms with Gasteiger partial charge in [-0.2, -0.15) is 5.26 Å². The molecule has 2 aromatic heterocycles. The maximum absolute atomic E-state index is 12.7. The molecule has 0 atom stereocenters. The molecule has 0 unspecified atom stereocenters. The number of hydrogen-bond donors (Lipinski definition) is 2. The number of hydrogen-bond acceptors (Lipinski definition) is 5. The van der Waals surface area contributed by atoms with Crippen molar-refractivity contribution in [1.29, 1.82) is 5.26 Å². The minimum Gasteiger partial charge on any atom is -0.480 e. The fourth-order valence-corrected chi connectivity index (χ4v) is 3.01. The lowest BCUT2D eigenvalue weighted by molar-refractivity contribution is -0.137. The molecule has 0 radical (unpaired) electrons. The van der Waals surface area contributed by atoms with E-state index in [0.717, 1.165) is 10.1 Å². The normalized spacial score (nSPS) is 10.4. The van der Waals surface area contributed by atoms with Gasteiger partial charge in [0.1, 0.15) is 17.8 Å². The van der Waals surface area contributed by atoms with Crippen molar-refractivity contribution in [1.82, 2.24) is 14.9 Å². The highest BCUT2D eigenvalue weighted by molar-refractivity contribution is 9.10. The first-order valence-corrected chi connectivity index (χ1v) is 8.86. The number of benzene rings is 1. The van der Waals surface area contributed by atoms with Crippen LogP contribution in [-0.4, -0.2) is 26.5 Å². The molecule has 8 nitrogen and oxygen atoms in total. The molecule has 3 aromatic rings. The predicted molar refractivity (Wildman–Crippen MR) is 104 cm³/mol. The maximum atomic E-state index is 12.7. The molecule has 0 saturated carbocycles. The summed E-state index contributed by atoms with van der Waals surface area (Å²) in [7, 11) is 0. The van der Waals surface area contributed by atoms with Gasteiger partial charge in [0.15, 0.2) is 0 Å². The number of carboxylic acid groups (broad SMARTS) is 1. The Morgan fingerprint density at radius 1 is 1.25 bits per heavy atom. The molecule has 0 aliphatic rings. The van der Waals surface area contributed by atoms with E-state index in [1.165, 1.54) is 12.3 Å². The van der Waals surface area contributed by atoms with Crippen LogP contribution in [-0.2, 0) is 17.9 Å². The molecule has 0 fully saturated rings. The summed E-state index contributed by atoms with van der Waals surface area (Å²) in [5, 5.41) is 21.0. The third kappa shape index (κ3) is 4.07. The van der Waals surface area contributed by atoms with Crippen LogP contribution in [0.3, 0.4) is 0 Å². The zero-order chi connectivity index (χ0) is 20.3. The highest BCUT2D eigenvalue weighted by Crippen LogP contribution is 2.17. The quantitative estimate of drug-likeness (QED) is 0.625. The summed E-state index contributed by atoms with van der Waals surface area (Å²) in [6.07, 6.45) is 1.45. The largest absolute Gasteiger partial charge is 0.480 e. The highest BCUT2D eigenvalue weighted by atomic mass is 79.9. The molecule has 0 spiro atoms. The molecule has 0 bridgehead atoms. The second-order valence-electron chi connectivity index (χ2n) is 5.90. The van der Waals surface area contributed by atoms with Crippen LogP contribution in [0.2, 0.25) is 0 Å². The van der Waals surface area contributed by atoms with Gasteiger partial charge in [-0.1, -0.05) is 12.1 Å². The van der Waals surface area contributed by atoms with Gasteiger partial charge in [-0.3, -0.25) is 19.0 Å². The third-order valence-corrected chi connectivity index (χ3v) is 4.40. The van der Waals surface area contributed by atoms with Crippen molar-refractivity contribution >= 4 is 38.8 Å². The smallest absolute Gasteiger partial charge is 0.323 e. The van der Waals surface area contributed by atoms with Gasteiger partial charge in [0, 0.05) is 22.6 Å². The fraction of sp³-hybridized carbons (Fsp3) is 0.105. The van der Waals surface area contributed by atoms with Crippen LogP contribution in [0.5, 0.6) is 0 Å². The number of pyridine rings is 2. The maximum Gasteiger partial charge on any atom is 0.323 e. The summed E-state index contributed by atoms with van der Waals surface area (Å²) >= 11 is 3.27. The Balaban J connectivity index is 1.95. The van der Waals surface area contributed by atoms with Gasteiger partial charge in [-0.05, 0) is 45.8 Å². The standard InChI is InChI=1S/C19H13BrN4O4/c20-14-5-13-6-15(19(28)24(10-16(25)26)17(13)22-9-14)18(27)23-8-12-3-1-11(7-21)2-4-12/h1-6,9H,8,10H2,(H,23,27)(H,25,26). The van der Waals surface area contributed by atoms with Gasteiger partial charge in [0.05, 0.1) is 11.6 Å². The second kappa shape index (κ2) is 8.02. The van der Waals surface area contributed by atoms with Crippen LogP contribution >= 0.6 is 15.9 Å². The van der Waals surface area contributed by atoms with E-state index in [0.29, 0.717) is 15.4 Å². The number of nitrogens with zero attached hydrogens (tertiary/aromatic N) is 3. The minimum absolute atomic E-state index is 0.150. The number of fused-ring (bicyclic) bond motifs is 1. The lowest BCUT2D eigenvalue weighted by Crippen LogP contribution is -2.34. The monoisotopic (exact) mass is 440 g/mol. The van der Waals surface area contributed by atoms with E-state index < -0.39 is 24.0 Å². The molecule has 0 aliphatic carbocycles. The number of amides is 1. The Hall–Kier alpha value is -3.51. The van der Waals surface area contributed by atoms with E-state index in [1.54, 1.807) is 30.3 Å². The fourth-order valence-electron chi connectivity index (χ4n) is 2.66. The minimum atomic E-state index is -1.22. The van der Waals surface area contributed by atoms with Gasteiger partial charge in [-0.15, -0.1) is 0 Å². The number of nitriles is 1. The Morgan fingerprint density at radius 3 is 2.61 bits per heavy atom. The molecule has 3 rings (SSSR count). The van der Waals surface area contributed by atoms with Crippen molar-refractivity contribution < 1.29 is 14.7 Å². The summed E-state index contributed by atoms with van der Waals surface area (Å²) in [4.78, 5) is 40.5. The van der Waals surface area contributed by atoms with E-state index in [-0.39, 0.29) is 17.8 Å². The van der Waals surface area contributed by atoms with Gasteiger partial charge < -0.3 is 10.4 Å². The number of carbonyl (C=O) groups is 2. The molecule has 0 saturated heterocycles. The van der Waals surface area contributed by atoms with E-state index >= 15 is 0 Å². The van der Waals surface area contributed by atoms with Crippen molar-refractivity contribution in [2.24, 2.45) is 0 Å². The lowest BCUT2D eigenvalue weighted by atomic mass is 10.1. The van der Waals surface area contributed by atoms with E-state index in [2.05, 4.69) is 26.2 Å². The second-order valence-corrected chi connectivity index (χ2v) is 6.82. The third-order valence-electron chi connectivity index (χ3n) is 3.97. The Morgan fingerprint density at radius 2 is 1.96 bits per heavy atom. The number of aromatic nitrogens is 2. The number of halogens is 1. The first kappa shape index (κ1) is 19.3. The van der Waals surface area contributed by atoms with Crippen molar-refractivity contribution in [2.75, 3.05) is 0 Å². The van der Waals surface area contributed by atoms with Crippen LogP contribution in [0.4, 0.5) is 0 Å². The Labute approximate surface area is 167 Å². The number of rotatable bonds is 5. The Bertz CT molecular complexity index is 1180. The molecular weight excluding hydrogens is 428 g/mol. The first-order chi connectivity index (χ1) is 13.4. The molecule has 28 heavy (non-hydrogen) atoms. The summed E-state index contributed by atoms with van der Waals surface area (Å²) < 4.78 is 1.59. The van der Waals surface area contributed by atoms with Gasteiger partial charge in [0.2, 0.25) is 0 Å². The zero-order valence-electron chi connectivity index (χ0n) is 14.3. The number of nitrogens with one attached hydrogen (secondary N) is 1. The molecule has 140 valence electrons. The van der Waals surface area contributed by atoms with E-state index in [1.807, 2.05) is 6.07 Å². The summed E-state index contributed by atoms with van der Waals surface area (Å²) in [5.74, 6) is -1.85. The van der Waals surface area contributed by atoms with Crippen molar-refractivity contribution in [3.05, 3.63) is 74.1 Å². The average molecular weight is 441 g/mol. The van der Waals surface area contributed by atoms with Gasteiger partial charge >= 0.3 is 5.97 Å². The van der Waals surface area contributed by atoms with Crippen LogP contribution in [0, 0.1) is 11.3 Å². The zero-order valence-corrected chi connectivity index (χ0v) is 15.9. The van der Waals surface area contributed by atoms with Gasteiger partial charge in [0.25, 0.3) is 11.5 Å². The molecule has 2 N–H and O–H groups in total. The molecule has 1 amide bonds. The molecule has 9 heteroatoms. The lowest BCUT2D eigenvalue weighted by Gasteiger charge is -2.11. The summed E-state index contributed by atoms with van der Waals surface area (Å²) in [5.41, 5.74) is 0.520. The van der Waals surface area contributed by atoms with Crippen LogP contribution in [0.1, 0.15) is 21.5 Å². The van der Waals surface area contributed by atoms with E-state index in [4.69, 9.17) is 10.4 Å². The summed E-state index contributed by atoms with van der Waals surface area (Å²) in [6, 6.07) is 11.7. The number of aliphatic carboxylic acids is 1. The first-order valence-electron chi connectivity index (χ1n) is 8.07. The number of carboxylic acids is 1. The van der Waals surface area contributed by atoms with Crippen LogP contribution < -0.4 is 10.9 Å². The predicted octanol–water partition coefficient (Wildman–Crippen LogP) is 2.05. The molecule has 2 heterocycles. The van der Waals surface area contributed by atoms with Gasteiger partial charge in [-0.25, -0.2) is 4.98 Å². The molecule has 1 aromatic carbocycles. The Kier molecular flexibility index (Phi) is 5.52. The highest BCUT2D eigenvalue weighted by Gasteiger charge is 2.18. The van der Waals surface area contributed by atoms with Crippen LogP contribution in [0.15, 0.2) is 51.9 Å². The van der Waals surface area contributed by atoms with Crippen LogP contribution in [0.25, 0.3) is 11.0 Å². The SMILES string of the molecule is N#Cc1ccc(CNC(=O)c2cc3cc(Br)cnc3n(CC(=O)O)c2=O)cc1.